The number of hydrogen-bond acceptors (Lipinski definition) is 7. The zero-order valence-electron chi connectivity index (χ0n) is 20.2. The van der Waals surface area contributed by atoms with Crippen LogP contribution in [0.2, 0.25) is 0 Å². The minimum Gasteiger partial charge on any atom is -0.497 e. The second-order valence-corrected chi connectivity index (χ2v) is 10.1. The molecule has 0 N–H and O–H groups in total. The average Bonchev–Trinajstić information content (AvgIpc) is 3.61. The van der Waals surface area contributed by atoms with Gasteiger partial charge in [0.1, 0.15) is 11.5 Å². The Morgan fingerprint density at radius 2 is 2.03 bits per heavy atom. The van der Waals surface area contributed by atoms with E-state index >= 15 is 0 Å². The van der Waals surface area contributed by atoms with Gasteiger partial charge in [0.05, 0.1) is 18.9 Å². The number of rotatable bonds is 7. The Kier molecular flexibility index (Phi) is 7.39. The van der Waals surface area contributed by atoms with Crippen LogP contribution < -0.4 is 4.74 Å². The number of carbonyl (C=O) groups excluding carboxylic acids is 1. The van der Waals surface area contributed by atoms with Crippen LogP contribution in [0.4, 0.5) is 0 Å². The molecule has 4 heterocycles. The molecular formula is C27H31N3O4S. The van der Waals surface area contributed by atoms with Gasteiger partial charge in [0.15, 0.2) is 10.9 Å². The van der Waals surface area contributed by atoms with Gasteiger partial charge < -0.3 is 18.8 Å². The van der Waals surface area contributed by atoms with E-state index in [0.717, 1.165) is 72.3 Å². The summed E-state index contributed by atoms with van der Waals surface area (Å²) in [7, 11) is 1.64. The zero-order chi connectivity index (χ0) is 24.2. The molecule has 2 fully saturated rings. The number of carbonyl (C=O) groups is 1. The molecule has 2 aliphatic heterocycles. The lowest BCUT2D eigenvalue weighted by atomic mass is 9.92. The third-order valence-corrected chi connectivity index (χ3v) is 7.69. The van der Waals surface area contributed by atoms with Crippen molar-refractivity contribution < 1.29 is 18.7 Å². The summed E-state index contributed by atoms with van der Waals surface area (Å²) < 4.78 is 16.9. The SMILES string of the molecule is COc1ccc(-c2ccc(C(=O)N3CCCC(c4nc(SCC5CCCO5)ncc4C)C3)o2)cc1. The van der Waals surface area contributed by atoms with Crippen molar-refractivity contribution in [2.75, 3.05) is 32.6 Å². The van der Waals surface area contributed by atoms with E-state index in [2.05, 4.69) is 11.9 Å². The van der Waals surface area contributed by atoms with Crippen LogP contribution in [0.1, 0.15) is 53.4 Å². The maximum Gasteiger partial charge on any atom is 0.289 e. The molecule has 0 saturated carbocycles. The smallest absolute Gasteiger partial charge is 0.289 e. The Hall–Kier alpha value is -2.84. The summed E-state index contributed by atoms with van der Waals surface area (Å²) in [6, 6.07) is 11.2. The molecule has 8 heteroatoms. The van der Waals surface area contributed by atoms with E-state index in [9.17, 15) is 4.79 Å². The van der Waals surface area contributed by atoms with Gasteiger partial charge in [-0.15, -0.1) is 0 Å². The zero-order valence-corrected chi connectivity index (χ0v) is 21.1. The molecule has 0 radical (unpaired) electrons. The molecule has 5 rings (SSSR count). The molecule has 2 saturated heterocycles. The van der Waals surface area contributed by atoms with Crippen molar-refractivity contribution in [1.29, 1.82) is 0 Å². The molecule has 2 unspecified atom stereocenters. The van der Waals surface area contributed by atoms with E-state index in [1.807, 2.05) is 41.4 Å². The summed E-state index contributed by atoms with van der Waals surface area (Å²) in [4.78, 5) is 24.6. The quantitative estimate of drug-likeness (QED) is 0.325. The van der Waals surface area contributed by atoms with Gasteiger partial charge in [0.2, 0.25) is 0 Å². The van der Waals surface area contributed by atoms with Crippen LogP contribution in [0.25, 0.3) is 11.3 Å². The molecule has 0 bridgehead atoms. The number of hydrogen-bond donors (Lipinski definition) is 0. The van der Waals surface area contributed by atoms with Crippen molar-refractivity contribution in [3.63, 3.8) is 0 Å². The lowest BCUT2D eigenvalue weighted by Crippen LogP contribution is -2.39. The summed E-state index contributed by atoms with van der Waals surface area (Å²) in [6.07, 6.45) is 6.39. The van der Waals surface area contributed by atoms with Gasteiger partial charge in [0, 0.05) is 43.1 Å². The van der Waals surface area contributed by atoms with Gasteiger partial charge in [-0.1, -0.05) is 11.8 Å². The number of piperidine rings is 1. The molecule has 0 aliphatic carbocycles. The molecule has 1 aromatic carbocycles. The van der Waals surface area contributed by atoms with E-state index in [4.69, 9.17) is 18.9 Å². The minimum absolute atomic E-state index is 0.0749. The number of benzene rings is 1. The molecule has 3 aromatic rings. The van der Waals surface area contributed by atoms with Crippen LogP contribution in [0.3, 0.4) is 0 Å². The fourth-order valence-electron chi connectivity index (χ4n) is 4.77. The van der Waals surface area contributed by atoms with Gasteiger partial charge >= 0.3 is 0 Å². The number of furan rings is 1. The highest BCUT2D eigenvalue weighted by atomic mass is 32.2. The number of nitrogens with zero attached hydrogens (tertiary/aromatic N) is 3. The number of ether oxygens (including phenoxy) is 2. The minimum atomic E-state index is -0.0749. The van der Waals surface area contributed by atoms with Gasteiger partial charge in [-0.2, -0.15) is 0 Å². The van der Waals surface area contributed by atoms with Crippen LogP contribution in [0.5, 0.6) is 5.75 Å². The molecule has 184 valence electrons. The monoisotopic (exact) mass is 493 g/mol. The van der Waals surface area contributed by atoms with Gasteiger partial charge in [-0.3, -0.25) is 4.79 Å². The van der Waals surface area contributed by atoms with E-state index < -0.39 is 0 Å². The third kappa shape index (κ3) is 5.54. The predicted octanol–water partition coefficient (Wildman–Crippen LogP) is 5.34. The largest absolute Gasteiger partial charge is 0.497 e. The van der Waals surface area contributed by atoms with Crippen molar-refractivity contribution >= 4 is 17.7 Å². The van der Waals surface area contributed by atoms with Crippen LogP contribution in [0, 0.1) is 6.92 Å². The second-order valence-electron chi connectivity index (χ2n) is 9.15. The van der Waals surface area contributed by atoms with Crippen LogP contribution >= 0.6 is 11.8 Å². The lowest BCUT2D eigenvalue weighted by molar-refractivity contribution is 0.0674. The van der Waals surface area contributed by atoms with Crippen molar-refractivity contribution in [2.45, 2.75) is 49.8 Å². The lowest BCUT2D eigenvalue weighted by Gasteiger charge is -2.32. The summed E-state index contributed by atoms with van der Waals surface area (Å²) in [5, 5.41) is 0.791. The molecular weight excluding hydrogens is 462 g/mol. The van der Waals surface area contributed by atoms with Gasteiger partial charge in [0.25, 0.3) is 5.91 Å². The van der Waals surface area contributed by atoms with Crippen molar-refractivity contribution in [3.8, 4) is 17.1 Å². The molecule has 35 heavy (non-hydrogen) atoms. The molecule has 0 spiro atoms. The fourth-order valence-corrected chi connectivity index (χ4v) is 5.66. The number of likely N-dealkylation sites (tertiary alicyclic amines) is 1. The third-order valence-electron chi connectivity index (χ3n) is 6.70. The normalized spacial score (nSPS) is 20.2. The Morgan fingerprint density at radius 1 is 1.17 bits per heavy atom. The van der Waals surface area contributed by atoms with E-state index in [1.165, 1.54) is 0 Å². The topological polar surface area (TPSA) is 77.7 Å². The summed E-state index contributed by atoms with van der Waals surface area (Å²) >= 11 is 1.66. The Bertz CT molecular complexity index is 1160. The van der Waals surface area contributed by atoms with Crippen LogP contribution in [-0.2, 0) is 4.74 Å². The Balaban J connectivity index is 1.26. The van der Waals surface area contributed by atoms with Crippen LogP contribution in [0.15, 0.2) is 52.2 Å². The number of amides is 1. The predicted molar refractivity (Wildman–Crippen MR) is 135 cm³/mol. The fraction of sp³-hybridized carbons (Fsp3) is 0.444. The molecule has 7 nitrogen and oxygen atoms in total. The molecule has 2 atom stereocenters. The highest BCUT2D eigenvalue weighted by molar-refractivity contribution is 7.99. The number of aryl methyl sites for hydroxylation is 1. The summed E-state index contributed by atoms with van der Waals surface area (Å²) in [5.74, 6) is 2.81. The first-order chi connectivity index (χ1) is 17.1. The maximum absolute atomic E-state index is 13.3. The van der Waals surface area contributed by atoms with Crippen molar-refractivity contribution in [3.05, 3.63) is 59.6 Å². The Labute approximate surface area is 210 Å². The maximum atomic E-state index is 13.3. The first-order valence-electron chi connectivity index (χ1n) is 12.2. The number of thioether (sulfide) groups is 1. The highest BCUT2D eigenvalue weighted by Crippen LogP contribution is 2.31. The molecule has 1 amide bonds. The van der Waals surface area contributed by atoms with Gasteiger partial charge in [-0.05, 0) is 74.6 Å². The average molecular weight is 494 g/mol. The second kappa shape index (κ2) is 10.8. The van der Waals surface area contributed by atoms with E-state index in [-0.39, 0.29) is 11.8 Å². The number of aromatic nitrogens is 2. The first kappa shape index (κ1) is 23.9. The van der Waals surface area contributed by atoms with Crippen molar-refractivity contribution in [2.24, 2.45) is 0 Å². The molecule has 2 aliphatic rings. The van der Waals surface area contributed by atoms with E-state index in [0.29, 0.717) is 24.2 Å². The summed E-state index contributed by atoms with van der Waals surface area (Å²) in [5.41, 5.74) is 3.03. The summed E-state index contributed by atoms with van der Waals surface area (Å²) in [6.45, 7) is 4.26. The van der Waals surface area contributed by atoms with E-state index in [1.54, 1.807) is 24.9 Å². The number of methoxy groups -OCH3 is 1. The van der Waals surface area contributed by atoms with Gasteiger partial charge in [-0.25, -0.2) is 9.97 Å². The van der Waals surface area contributed by atoms with Crippen LogP contribution in [-0.4, -0.2) is 59.4 Å². The standard InChI is InChI=1S/C27H31N3O4S/c1-18-15-28-27(35-17-22-6-4-14-33-22)29-25(18)20-5-3-13-30(16-20)26(31)24-12-11-23(34-24)19-7-9-21(32-2)10-8-19/h7-12,15,20,22H,3-6,13-14,16-17H2,1-2H3. The van der Waals surface area contributed by atoms with Crippen molar-refractivity contribution in [1.82, 2.24) is 14.9 Å². The Morgan fingerprint density at radius 3 is 2.80 bits per heavy atom. The first-order valence-corrected chi connectivity index (χ1v) is 13.2. The highest BCUT2D eigenvalue weighted by Gasteiger charge is 2.29. The molecule has 2 aromatic heterocycles.